The van der Waals surface area contributed by atoms with Crippen molar-refractivity contribution in [3.8, 4) is 5.75 Å². The number of phenolic OH excluding ortho intramolecular Hbond substituents is 1. The minimum absolute atomic E-state index is 0.00627. The maximum Gasteiger partial charge on any atom is 0.410 e. The van der Waals surface area contributed by atoms with Gasteiger partial charge >= 0.3 is 6.09 Å². The molecule has 0 saturated carbocycles. The lowest BCUT2D eigenvalue weighted by Gasteiger charge is -2.27. The zero-order chi connectivity index (χ0) is 28.6. The number of rotatable bonds is 10. The molecular weight excluding hydrogens is 422 g/mol. The van der Waals surface area contributed by atoms with Crippen LogP contribution in [-0.4, -0.2) is 53.1 Å². The third kappa shape index (κ3) is 10.1. The van der Waals surface area contributed by atoms with Gasteiger partial charge in [0.1, 0.15) is 11.4 Å². The molecule has 0 unspecified atom stereocenters. The average molecular weight is 461 g/mol. The molecule has 0 aromatic heterocycles. The molecule has 0 spiro atoms. The lowest BCUT2D eigenvalue weighted by Crippen LogP contribution is -2.39. The maximum absolute atomic E-state index is 12.7. The Hall–Kier alpha value is -3.55. The van der Waals surface area contributed by atoms with Gasteiger partial charge < -0.3 is 25.4 Å². The van der Waals surface area contributed by atoms with E-state index in [0.717, 1.165) is 0 Å². The Bertz CT molecular complexity index is 1140. The molecule has 0 aliphatic rings. The minimum atomic E-state index is -0.781. The van der Waals surface area contributed by atoms with Gasteiger partial charge in [-0.05, 0) is 70.0 Å². The van der Waals surface area contributed by atoms with E-state index >= 15 is 0 Å². The number of phenols is 1. The van der Waals surface area contributed by atoms with Crippen LogP contribution in [0, 0.1) is 0 Å². The molecule has 33 heavy (non-hydrogen) atoms. The second-order valence-corrected chi connectivity index (χ2v) is 8.28. The molecule has 0 radical (unpaired) electrons. The fourth-order valence-corrected chi connectivity index (χ4v) is 2.71. The SMILES string of the molecule is [2H]c1c([2H])c([2H])c(C(=O)NCCCCN(CCC(=O)Nc2ccc(O)cc2)C(=O)OC(C)(C)C)c([2H])c1[2H]. The van der Waals surface area contributed by atoms with Crippen molar-refractivity contribution in [2.24, 2.45) is 0 Å². The van der Waals surface area contributed by atoms with Crippen LogP contribution >= 0.6 is 0 Å². The van der Waals surface area contributed by atoms with Crippen molar-refractivity contribution >= 4 is 23.6 Å². The third-order valence-corrected chi connectivity index (χ3v) is 4.28. The molecule has 3 amide bonds. The fourth-order valence-electron chi connectivity index (χ4n) is 2.71. The number of carbonyl (C=O) groups excluding carboxylic acids is 3. The second kappa shape index (κ2) is 12.5. The van der Waals surface area contributed by atoms with Crippen molar-refractivity contribution in [3.63, 3.8) is 0 Å². The van der Waals surface area contributed by atoms with Crippen LogP contribution in [0.15, 0.2) is 54.5 Å². The van der Waals surface area contributed by atoms with Crippen LogP contribution in [0.2, 0.25) is 0 Å². The van der Waals surface area contributed by atoms with E-state index < -0.39 is 53.4 Å². The highest BCUT2D eigenvalue weighted by molar-refractivity contribution is 5.94. The smallest absolute Gasteiger partial charge is 0.410 e. The summed E-state index contributed by atoms with van der Waals surface area (Å²) in [7, 11) is 0. The van der Waals surface area contributed by atoms with Gasteiger partial charge in [-0.1, -0.05) is 18.1 Å². The quantitative estimate of drug-likeness (QED) is 0.364. The first-order valence-electron chi connectivity index (χ1n) is 13.1. The largest absolute Gasteiger partial charge is 0.508 e. The van der Waals surface area contributed by atoms with E-state index in [1.165, 1.54) is 17.0 Å². The molecule has 8 nitrogen and oxygen atoms in total. The van der Waals surface area contributed by atoms with E-state index in [1.54, 1.807) is 32.9 Å². The molecule has 0 saturated heterocycles. The Kier molecular flexibility index (Phi) is 7.17. The number of ether oxygens (including phenoxy) is 1. The number of nitrogens with one attached hydrogen (secondary N) is 2. The van der Waals surface area contributed by atoms with Crippen LogP contribution in [0.3, 0.4) is 0 Å². The predicted molar refractivity (Wildman–Crippen MR) is 127 cm³/mol. The highest BCUT2D eigenvalue weighted by Gasteiger charge is 2.22. The Morgan fingerprint density at radius 1 is 1.03 bits per heavy atom. The van der Waals surface area contributed by atoms with Gasteiger partial charge in [0.15, 0.2) is 0 Å². The number of benzene rings is 2. The van der Waals surface area contributed by atoms with Crippen LogP contribution in [0.4, 0.5) is 10.5 Å². The van der Waals surface area contributed by atoms with Crippen LogP contribution in [-0.2, 0) is 9.53 Å². The summed E-state index contributed by atoms with van der Waals surface area (Å²) < 4.78 is 44.2. The number of carbonyl (C=O) groups is 3. The van der Waals surface area contributed by atoms with E-state index in [4.69, 9.17) is 11.6 Å². The van der Waals surface area contributed by atoms with Gasteiger partial charge in [0.2, 0.25) is 5.91 Å². The van der Waals surface area contributed by atoms with Gasteiger partial charge in [0.05, 0.1) is 6.85 Å². The summed E-state index contributed by atoms with van der Waals surface area (Å²) in [5, 5.41) is 14.6. The van der Waals surface area contributed by atoms with Crippen molar-refractivity contribution in [2.75, 3.05) is 25.0 Å². The second-order valence-electron chi connectivity index (χ2n) is 8.28. The first-order chi connectivity index (χ1) is 17.7. The number of unbranched alkanes of at least 4 members (excludes halogenated alkanes) is 1. The first kappa shape index (κ1) is 19.0. The summed E-state index contributed by atoms with van der Waals surface area (Å²) >= 11 is 0. The summed E-state index contributed by atoms with van der Waals surface area (Å²) in [6, 6.07) is 3.10. The molecule has 0 aliphatic carbocycles. The summed E-state index contributed by atoms with van der Waals surface area (Å²) in [5.74, 6) is -1.03. The number of aromatic hydroxyl groups is 1. The third-order valence-electron chi connectivity index (χ3n) is 4.28. The monoisotopic (exact) mass is 460 g/mol. The van der Waals surface area contributed by atoms with Gasteiger partial charge in [-0.25, -0.2) is 4.79 Å². The minimum Gasteiger partial charge on any atom is -0.508 e. The Morgan fingerprint density at radius 2 is 1.70 bits per heavy atom. The van der Waals surface area contributed by atoms with Crippen molar-refractivity contribution < 1.29 is 31.1 Å². The highest BCUT2D eigenvalue weighted by atomic mass is 16.6. The molecule has 3 N–H and O–H groups in total. The first-order valence-corrected chi connectivity index (χ1v) is 10.6. The topological polar surface area (TPSA) is 108 Å². The van der Waals surface area contributed by atoms with Gasteiger partial charge in [-0.2, -0.15) is 0 Å². The predicted octanol–water partition coefficient (Wildman–Crippen LogP) is 4.17. The van der Waals surface area contributed by atoms with Crippen LogP contribution in [0.25, 0.3) is 0 Å². The van der Waals surface area contributed by atoms with Crippen LogP contribution in [0.5, 0.6) is 5.75 Å². The number of nitrogens with zero attached hydrogens (tertiary/aromatic N) is 1. The lowest BCUT2D eigenvalue weighted by atomic mass is 10.2. The lowest BCUT2D eigenvalue weighted by molar-refractivity contribution is -0.116. The molecule has 0 bridgehead atoms. The summed E-state index contributed by atoms with van der Waals surface area (Å²) in [6.07, 6.45) is 0.285. The summed E-state index contributed by atoms with van der Waals surface area (Å²) in [4.78, 5) is 38.9. The standard InChI is InChI=1S/C25H33N3O5/c1-25(2,3)33-24(32)28(18-15-22(30)27-20-11-13-21(29)14-12-20)17-8-7-16-26-23(31)19-9-5-4-6-10-19/h4-6,9-14,29H,7-8,15-18H2,1-3H3,(H,26,31)(H,27,30)/i4D,5D,6D,9D,10D. The molecule has 0 heterocycles. The van der Waals surface area contributed by atoms with Crippen LogP contribution < -0.4 is 10.6 Å². The van der Waals surface area contributed by atoms with Gasteiger partial charge in [0, 0.05) is 37.3 Å². The number of hydrogen-bond acceptors (Lipinski definition) is 5. The van der Waals surface area contributed by atoms with Crippen molar-refractivity contribution in [1.29, 1.82) is 0 Å². The van der Waals surface area contributed by atoms with E-state index in [2.05, 4.69) is 10.6 Å². The van der Waals surface area contributed by atoms with E-state index in [9.17, 15) is 19.5 Å². The zero-order valence-electron chi connectivity index (χ0n) is 24.1. The van der Waals surface area contributed by atoms with Crippen molar-refractivity contribution in [2.45, 2.75) is 45.6 Å². The maximum atomic E-state index is 12.7. The average Bonchev–Trinajstić information content (AvgIpc) is 2.83. The molecule has 2 rings (SSSR count). The molecule has 0 aliphatic heterocycles. The highest BCUT2D eigenvalue weighted by Crippen LogP contribution is 2.15. The molecule has 2 aromatic rings. The fraction of sp³-hybridized carbons (Fsp3) is 0.400. The Morgan fingerprint density at radius 3 is 2.33 bits per heavy atom. The molecule has 0 atom stereocenters. The normalized spacial score (nSPS) is 13.0. The van der Waals surface area contributed by atoms with Crippen molar-refractivity contribution in [3.05, 3.63) is 60.0 Å². The van der Waals surface area contributed by atoms with E-state index in [-0.39, 0.29) is 37.7 Å². The van der Waals surface area contributed by atoms with Gasteiger partial charge in [-0.3, -0.25) is 9.59 Å². The number of anilines is 1. The molecule has 8 heteroatoms. The zero-order valence-corrected chi connectivity index (χ0v) is 19.1. The Balaban J connectivity index is 1.92. The molecule has 178 valence electrons. The molecule has 0 fully saturated rings. The number of amides is 3. The Labute approximate surface area is 202 Å². The van der Waals surface area contributed by atoms with Crippen LogP contribution in [0.1, 0.15) is 57.2 Å². The van der Waals surface area contributed by atoms with E-state index in [0.29, 0.717) is 18.5 Å². The molecular formula is C25H33N3O5. The van der Waals surface area contributed by atoms with Gasteiger partial charge in [-0.15, -0.1) is 0 Å². The summed E-state index contributed by atoms with van der Waals surface area (Å²) in [6.45, 7) is 5.67. The van der Waals surface area contributed by atoms with Crippen molar-refractivity contribution in [1.82, 2.24) is 10.2 Å². The number of hydrogen-bond donors (Lipinski definition) is 3. The van der Waals surface area contributed by atoms with E-state index in [1.807, 2.05) is 0 Å². The summed E-state index contributed by atoms with van der Waals surface area (Å²) in [5.41, 5.74) is -0.654. The van der Waals surface area contributed by atoms with Gasteiger partial charge in [0.25, 0.3) is 5.91 Å². The molecule has 2 aromatic carbocycles.